The first-order chi connectivity index (χ1) is 13.2. The lowest BCUT2D eigenvalue weighted by Crippen LogP contribution is -2.36. The highest BCUT2D eigenvalue weighted by atomic mass is 15.2. The Morgan fingerprint density at radius 3 is 1.85 bits per heavy atom. The first-order valence-corrected chi connectivity index (χ1v) is 11.6. The molecule has 2 heterocycles. The average Bonchev–Trinajstić information content (AvgIpc) is 2.99. The van der Waals surface area contributed by atoms with E-state index < -0.39 is 0 Å². The summed E-state index contributed by atoms with van der Waals surface area (Å²) in [5.41, 5.74) is 2.98. The Hall–Kier alpha value is -1.02. The third-order valence-corrected chi connectivity index (χ3v) is 3.99. The van der Waals surface area contributed by atoms with Gasteiger partial charge in [-0.1, -0.05) is 87.5 Å². The molecule has 2 rings (SSSR count). The molecule has 0 amide bonds. The number of hydrogen-bond donors (Lipinski definition) is 1. The number of nitrogens with zero attached hydrogens (tertiary/aromatic N) is 1. The summed E-state index contributed by atoms with van der Waals surface area (Å²) >= 11 is 0. The summed E-state index contributed by atoms with van der Waals surface area (Å²) in [6, 6.07) is 0.731. The van der Waals surface area contributed by atoms with E-state index in [0.29, 0.717) is 0 Å². The zero-order chi connectivity index (χ0) is 22.3. The van der Waals surface area contributed by atoms with E-state index in [4.69, 9.17) is 0 Å². The van der Waals surface area contributed by atoms with Gasteiger partial charge < -0.3 is 10.2 Å². The van der Waals surface area contributed by atoms with Crippen LogP contribution in [0.1, 0.15) is 95.9 Å². The molecule has 1 fully saturated rings. The summed E-state index contributed by atoms with van der Waals surface area (Å²) in [5, 5.41) is 3.50. The number of rotatable bonds is 2. The van der Waals surface area contributed by atoms with Crippen molar-refractivity contribution in [1.82, 2.24) is 10.2 Å². The Morgan fingerprint density at radius 1 is 1.00 bits per heavy atom. The van der Waals surface area contributed by atoms with Gasteiger partial charge in [-0.2, -0.15) is 0 Å². The van der Waals surface area contributed by atoms with Gasteiger partial charge in [-0.3, -0.25) is 0 Å². The Bertz CT molecular complexity index is 342. The van der Waals surface area contributed by atoms with Gasteiger partial charge in [-0.25, -0.2) is 0 Å². The van der Waals surface area contributed by atoms with Crippen molar-refractivity contribution in [2.24, 2.45) is 5.92 Å². The first-order valence-electron chi connectivity index (χ1n) is 11.6. The highest BCUT2D eigenvalue weighted by Crippen LogP contribution is 2.35. The first kappa shape index (κ1) is 33.6. The van der Waals surface area contributed by atoms with Crippen LogP contribution < -0.4 is 5.32 Å². The largest absolute Gasteiger partial charge is 0.367 e. The minimum absolute atomic E-state index is 0.731. The third kappa shape index (κ3) is 12.9. The van der Waals surface area contributed by atoms with E-state index >= 15 is 0 Å². The minimum Gasteiger partial charge on any atom is -0.367 e. The van der Waals surface area contributed by atoms with E-state index in [1.807, 2.05) is 62.3 Å². The Balaban J connectivity index is -0.000000206. The lowest BCUT2D eigenvalue weighted by atomic mass is 9.97. The van der Waals surface area contributed by atoms with Crippen LogP contribution in [0.3, 0.4) is 0 Å². The van der Waals surface area contributed by atoms with E-state index in [2.05, 4.69) is 49.7 Å². The quantitative estimate of drug-likeness (QED) is 0.489. The molecule has 2 unspecified atom stereocenters. The SMILES string of the molecule is C/C=C1/CNCCN2C1=CC(CC)C2CC.C=CC.CC.CC.CC.CC. The second kappa shape index (κ2) is 27.2. The van der Waals surface area contributed by atoms with Crippen molar-refractivity contribution in [1.29, 1.82) is 0 Å². The molecule has 164 valence electrons. The van der Waals surface area contributed by atoms with Gasteiger partial charge in [0.1, 0.15) is 0 Å². The van der Waals surface area contributed by atoms with Gasteiger partial charge in [0.05, 0.1) is 0 Å². The van der Waals surface area contributed by atoms with Crippen molar-refractivity contribution < 1.29 is 0 Å². The molecule has 0 aromatic rings. The van der Waals surface area contributed by atoms with Crippen molar-refractivity contribution in [3.63, 3.8) is 0 Å². The smallest absolute Gasteiger partial charge is 0.0374 e. The van der Waals surface area contributed by atoms with Crippen molar-refractivity contribution >= 4 is 0 Å². The summed E-state index contributed by atoms with van der Waals surface area (Å²) in [6.07, 6.45) is 9.05. The normalized spacial score (nSPS) is 20.7. The Labute approximate surface area is 174 Å². The second-order valence-corrected chi connectivity index (χ2v) is 5.19. The van der Waals surface area contributed by atoms with Crippen LogP contribution in [-0.2, 0) is 0 Å². The maximum Gasteiger partial charge on any atom is 0.0374 e. The van der Waals surface area contributed by atoms with Crippen LogP contribution in [0, 0.1) is 5.92 Å². The zero-order valence-electron chi connectivity index (χ0n) is 21.1. The molecule has 0 spiro atoms. The molecule has 1 saturated heterocycles. The van der Waals surface area contributed by atoms with Gasteiger partial charge in [0.15, 0.2) is 0 Å². The minimum atomic E-state index is 0.731. The van der Waals surface area contributed by atoms with Crippen molar-refractivity contribution in [3.8, 4) is 0 Å². The molecule has 27 heavy (non-hydrogen) atoms. The Kier molecular flexibility index (Phi) is 33.8. The van der Waals surface area contributed by atoms with Gasteiger partial charge in [0.2, 0.25) is 0 Å². The molecule has 0 saturated carbocycles. The summed E-state index contributed by atoms with van der Waals surface area (Å²) < 4.78 is 0. The van der Waals surface area contributed by atoms with Gasteiger partial charge in [-0.15, -0.1) is 6.58 Å². The molecule has 1 N–H and O–H groups in total. The molecular weight excluding hydrogens is 328 g/mol. The molecule has 2 nitrogen and oxygen atoms in total. The standard InChI is InChI=1S/C14H24N2.C3H6.4C2H6/c1-4-11-9-14-12(5-2)10-15-7-8-16(14)13(11)6-3;1-3-2;4*1-2/h5,9,11,13,15H,4,6-8,10H2,1-3H3;3H,1H2,2H3;4*1-2H3/b12-5-;;;;;. The fourth-order valence-corrected chi connectivity index (χ4v) is 3.07. The molecule has 2 heteroatoms. The Morgan fingerprint density at radius 2 is 1.48 bits per heavy atom. The topological polar surface area (TPSA) is 15.3 Å². The van der Waals surface area contributed by atoms with Crippen LogP contribution in [0.2, 0.25) is 0 Å². The van der Waals surface area contributed by atoms with Crippen molar-refractivity contribution in [3.05, 3.63) is 36.1 Å². The molecule has 0 bridgehead atoms. The molecule has 0 aromatic carbocycles. The summed E-state index contributed by atoms with van der Waals surface area (Å²) in [7, 11) is 0. The van der Waals surface area contributed by atoms with Crippen LogP contribution in [0.5, 0.6) is 0 Å². The van der Waals surface area contributed by atoms with Gasteiger partial charge in [0, 0.05) is 31.4 Å². The monoisotopic (exact) mass is 382 g/mol. The van der Waals surface area contributed by atoms with E-state index in [0.717, 1.165) is 31.6 Å². The van der Waals surface area contributed by atoms with Crippen LogP contribution >= 0.6 is 0 Å². The summed E-state index contributed by atoms with van der Waals surface area (Å²) in [6.45, 7) is 31.3. The number of hydrogen-bond acceptors (Lipinski definition) is 2. The predicted molar refractivity (Wildman–Crippen MR) is 131 cm³/mol. The lowest BCUT2D eigenvalue weighted by Gasteiger charge is -2.30. The molecule has 0 radical (unpaired) electrons. The van der Waals surface area contributed by atoms with Crippen LogP contribution in [0.25, 0.3) is 0 Å². The lowest BCUT2D eigenvalue weighted by molar-refractivity contribution is 0.238. The zero-order valence-corrected chi connectivity index (χ0v) is 21.1. The van der Waals surface area contributed by atoms with Crippen molar-refractivity contribution in [2.75, 3.05) is 19.6 Å². The fourth-order valence-electron chi connectivity index (χ4n) is 3.07. The molecule has 0 aliphatic carbocycles. The van der Waals surface area contributed by atoms with Crippen LogP contribution in [0.4, 0.5) is 0 Å². The molecule has 2 atom stereocenters. The number of nitrogens with one attached hydrogen (secondary N) is 1. The summed E-state index contributed by atoms with van der Waals surface area (Å²) in [5.74, 6) is 0.757. The highest BCUT2D eigenvalue weighted by molar-refractivity contribution is 5.36. The highest BCUT2D eigenvalue weighted by Gasteiger charge is 2.33. The number of fused-ring (bicyclic) bond motifs is 1. The molecular formula is C25H54N2. The molecule has 0 aromatic heterocycles. The van der Waals surface area contributed by atoms with Gasteiger partial charge >= 0.3 is 0 Å². The maximum absolute atomic E-state index is 3.50. The third-order valence-electron chi connectivity index (χ3n) is 3.99. The van der Waals surface area contributed by atoms with E-state index in [9.17, 15) is 0 Å². The number of allylic oxidation sites excluding steroid dienone is 2. The molecule has 2 aliphatic rings. The molecule has 2 aliphatic heterocycles. The van der Waals surface area contributed by atoms with Gasteiger partial charge in [-0.05, 0) is 38.2 Å². The van der Waals surface area contributed by atoms with Crippen molar-refractivity contribution in [2.45, 2.75) is 102 Å². The van der Waals surface area contributed by atoms with E-state index in [1.54, 1.807) is 6.08 Å². The maximum atomic E-state index is 3.50. The van der Waals surface area contributed by atoms with Crippen LogP contribution in [0.15, 0.2) is 36.1 Å². The fraction of sp³-hybridized carbons (Fsp3) is 0.760. The van der Waals surface area contributed by atoms with Crippen LogP contribution in [-0.4, -0.2) is 30.6 Å². The van der Waals surface area contributed by atoms with E-state index in [1.165, 1.54) is 24.1 Å². The summed E-state index contributed by atoms with van der Waals surface area (Å²) in [4.78, 5) is 2.63. The average molecular weight is 383 g/mol. The second-order valence-electron chi connectivity index (χ2n) is 5.19. The predicted octanol–water partition coefficient (Wildman–Crippen LogP) is 7.84. The van der Waals surface area contributed by atoms with E-state index in [-0.39, 0.29) is 0 Å². The van der Waals surface area contributed by atoms with Gasteiger partial charge in [0.25, 0.3) is 0 Å².